The molecular weight excluding hydrogens is 901 g/mol. The maximum atomic E-state index is 12.9. The van der Waals surface area contributed by atoms with Gasteiger partial charge in [-0.15, -0.1) is 0 Å². The first-order chi connectivity index (χ1) is 36.0. The van der Waals surface area contributed by atoms with Crippen LogP contribution in [0.25, 0.3) is 0 Å². The van der Waals surface area contributed by atoms with E-state index in [2.05, 4.69) is 93.7 Å². The van der Waals surface area contributed by atoms with E-state index < -0.39 is 6.10 Å². The minimum Gasteiger partial charge on any atom is -0.462 e. The maximum absolute atomic E-state index is 12.9. The minimum atomic E-state index is -0.788. The smallest absolute Gasteiger partial charge is 0.306 e. The highest BCUT2D eigenvalue weighted by Crippen LogP contribution is 2.16. The average Bonchev–Trinajstić information content (AvgIpc) is 3.39. The molecule has 0 aromatic heterocycles. The molecule has 0 spiro atoms. The number of ether oxygens (including phenoxy) is 3. The largest absolute Gasteiger partial charge is 0.462 e. The Labute approximate surface area is 453 Å². The molecule has 0 saturated carbocycles. The minimum absolute atomic E-state index is 0.0828. The van der Waals surface area contributed by atoms with Gasteiger partial charge >= 0.3 is 17.9 Å². The Hall–Kier alpha value is -3.15. The molecule has 73 heavy (non-hydrogen) atoms. The summed E-state index contributed by atoms with van der Waals surface area (Å²) in [7, 11) is 0. The number of allylic oxidation sites excluding steroid dienone is 12. The Bertz CT molecular complexity index is 1360. The first kappa shape index (κ1) is 69.8. The van der Waals surface area contributed by atoms with Crippen molar-refractivity contribution in [3.63, 3.8) is 0 Å². The SMILES string of the molecule is CCCCCCC/C=C\C/C=C\C/C=C\CCCCCCCCC(=O)OCC(COC(=O)CCCCCCCCCCCCCCC)OC(=O)CCCCCCCC/C=C\C/C=C\C/C=C\CCCCCCC. The second kappa shape index (κ2) is 61.4. The maximum Gasteiger partial charge on any atom is 0.306 e. The third kappa shape index (κ3) is 59.6. The zero-order valence-corrected chi connectivity index (χ0v) is 48.4. The van der Waals surface area contributed by atoms with Crippen LogP contribution in [0, 0.1) is 0 Å². The van der Waals surface area contributed by atoms with Gasteiger partial charge in [-0.05, 0) is 96.3 Å². The van der Waals surface area contributed by atoms with Gasteiger partial charge in [0, 0.05) is 19.3 Å². The topological polar surface area (TPSA) is 78.9 Å². The van der Waals surface area contributed by atoms with Crippen LogP contribution in [0.5, 0.6) is 0 Å². The lowest BCUT2D eigenvalue weighted by molar-refractivity contribution is -0.167. The highest BCUT2D eigenvalue weighted by molar-refractivity contribution is 5.71. The number of hydrogen-bond acceptors (Lipinski definition) is 6. The van der Waals surface area contributed by atoms with Crippen molar-refractivity contribution in [2.45, 2.75) is 322 Å². The van der Waals surface area contributed by atoms with E-state index in [-0.39, 0.29) is 31.1 Å². The van der Waals surface area contributed by atoms with E-state index in [1.165, 1.54) is 173 Å². The molecule has 0 aliphatic heterocycles. The van der Waals surface area contributed by atoms with Crippen LogP contribution in [-0.4, -0.2) is 37.2 Å². The van der Waals surface area contributed by atoms with Crippen LogP contribution in [0.1, 0.15) is 316 Å². The predicted molar refractivity (Wildman–Crippen MR) is 316 cm³/mol. The standard InChI is InChI=1S/C67H118O6/c1-4-7-10-13-16-19-22-25-27-29-31-33-35-37-39-42-45-48-51-54-57-60-66(69)72-63-64(62-71-65(68)59-56-53-50-47-44-41-24-21-18-15-12-9-6-3)73-67(70)61-58-55-52-49-46-43-40-38-36-34-32-30-28-26-23-20-17-14-11-8-5-2/h22-23,25-26,29-32,35-38,64H,4-21,24,27-28,33-34,39-63H2,1-3H3/b25-22-,26-23-,31-29-,32-30-,37-35-,38-36-. The average molecular weight is 1020 g/mol. The summed E-state index contributed by atoms with van der Waals surface area (Å²) in [6, 6.07) is 0. The first-order valence-electron chi connectivity index (χ1n) is 31.4. The third-order valence-electron chi connectivity index (χ3n) is 13.7. The number of esters is 3. The monoisotopic (exact) mass is 1020 g/mol. The van der Waals surface area contributed by atoms with Crippen molar-refractivity contribution in [3.05, 3.63) is 72.9 Å². The zero-order chi connectivity index (χ0) is 52.9. The Morgan fingerprint density at radius 1 is 0.274 bits per heavy atom. The van der Waals surface area contributed by atoms with Gasteiger partial charge in [-0.1, -0.05) is 273 Å². The zero-order valence-electron chi connectivity index (χ0n) is 48.4. The molecule has 422 valence electrons. The fourth-order valence-corrected chi connectivity index (χ4v) is 8.93. The summed E-state index contributed by atoms with van der Waals surface area (Å²) in [5, 5.41) is 0. The summed E-state index contributed by atoms with van der Waals surface area (Å²) in [5.74, 6) is -0.895. The number of rotatable bonds is 57. The quantitative estimate of drug-likeness (QED) is 0.0261. The molecule has 0 aliphatic rings. The Morgan fingerprint density at radius 2 is 0.493 bits per heavy atom. The normalized spacial score (nSPS) is 12.5. The molecule has 0 bridgehead atoms. The number of carbonyl (C=O) groups excluding carboxylic acids is 3. The van der Waals surface area contributed by atoms with E-state index in [1.54, 1.807) is 0 Å². The molecule has 0 N–H and O–H groups in total. The van der Waals surface area contributed by atoms with Gasteiger partial charge in [-0.3, -0.25) is 14.4 Å². The fourth-order valence-electron chi connectivity index (χ4n) is 8.93. The van der Waals surface area contributed by atoms with Crippen LogP contribution in [0.15, 0.2) is 72.9 Å². The number of carbonyl (C=O) groups is 3. The Morgan fingerprint density at radius 3 is 0.767 bits per heavy atom. The van der Waals surface area contributed by atoms with Gasteiger partial charge < -0.3 is 14.2 Å². The third-order valence-corrected chi connectivity index (χ3v) is 13.7. The summed E-state index contributed by atoms with van der Waals surface area (Å²) >= 11 is 0. The van der Waals surface area contributed by atoms with Crippen LogP contribution in [0.2, 0.25) is 0 Å². The molecular formula is C67H118O6. The molecule has 6 nitrogen and oxygen atoms in total. The molecule has 1 atom stereocenters. The highest BCUT2D eigenvalue weighted by Gasteiger charge is 2.19. The van der Waals surface area contributed by atoms with Crippen molar-refractivity contribution in [1.29, 1.82) is 0 Å². The number of unbranched alkanes of at least 4 members (excludes halogenated alkanes) is 34. The van der Waals surface area contributed by atoms with Crippen molar-refractivity contribution in [2.24, 2.45) is 0 Å². The molecule has 6 heteroatoms. The van der Waals surface area contributed by atoms with Gasteiger partial charge in [0.15, 0.2) is 6.10 Å². The van der Waals surface area contributed by atoms with Crippen LogP contribution in [-0.2, 0) is 28.6 Å². The molecule has 1 unspecified atom stereocenters. The summed E-state index contributed by atoms with van der Waals surface area (Å²) in [6.45, 7) is 6.63. The summed E-state index contributed by atoms with van der Waals surface area (Å²) in [4.78, 5) is 38.3. The van der Waals surface area contributed by atoms with Gasteiger partial charge in [-0.25, -0.2) is 0 Å². The lowest BCUT2D eigenvalue weighted by Gasteiger charge is -2.18. The fraction of sp³-hybridized carbons (Fsp3) is 0.776. The Balaban J connectivity index is 4.39. The Kier molecular flexibility index (Phi) is 58.7. The highest BCUT2D eigenvalue weighted by atomic mass is 16.6. The van der Waals surface area contributed by atoms with Gasteiger partial charge in [0.2, 0.25) is 0 Å². The molecule has 0 aliphatic carbocycles. The van der Waals surface area contributed by atoms with Crippen LogP contribution in [0.4, 0.5) is 0 Å². The summed E-state index contributed by atoms with van der Waals surface area (Å²) < 4.78 is 16.9. The molecule has 0 saturated heterocycles. The van der Waals surface area contributed by atoms with Crippen molar-refractivity contribution < 1.29 is 28.6 Å². The lowest BCUT2D eigenvalue weighted by atomic mass is 10.0. The van der Waals surface area contributed by atoms with E-state index >= 15 is 0 Å². The van der Waals surface area contributed by atoms with Crippen molar-refractivity contribution in [1.82, 2.24) is 0 Å². The molecule has 0 rings (SSSR count). The van der Waals surface area contributed by atoms with Crippen LogP contribution >= 0.6 is 0 Å². The van der Waals surface area contributed by atoms with E-state index in [4.69, 9.17) is 14.2 Å². The molecule has 0 amide bonds. The molecule has 0 fully saturated rings. The van der Waals surface area contributed by atoms with Gasteiger partial charge in [-0.2, -0.15) is 0 Å². The van der Waals surface area contributed by atoms with E-state index in [0.717, 1.165) is 103 Å². The lowest BCUT2D eigenvalue weighted by Crippen LogP contribution is -2.30. The van der Waals surface area contributed by atoms with E-state index in [1.807, 2.05) is 0 Å². The molecule has 0 aromatic carbocycles. The first-order valence-corrected chi connectivity index (χ1v) is 31.4. The van der Waals surface area contributed by atoms with E-state index in [0.29, 0.717) is 19.3 Å². The molecule has 0 heterocycles. The van der Waals surface area contributed by atoms with Crippen molar-refractivity contribution in [3.8, 4) is 0 Å². The van der Waals surface area contributed by atoms with Crippen molar-refractivity contribution in [2.75, 3.05) is 13.2 Å². The summed E-state index contributed by atoms with van der Waals surface area (Å²) in [6.07, 6.45) is 78.9. The second-order valence-electron chi connectivity index (χ2n) is 21.0. The van der Waals surface area contributed by atoms with E-state index in [9.17, 15) is 14.4 Å². The predicted octanol–water partition coefficient (Wildman–Crippen LogP) is 21.3. The van der Waals surface area contributed by atoms with Crippen LogP contribution in [0.3, 0.4) is 0 Å². The van der Waals surface area contributed by atoms with Gasteiger partial charge in [0.1, 0.15) is 13.2 Å². The van der Waals surface area contributed by atoms with Gasteiger partial charge in [0.05, 0.1) is 0 Å². The molecule has 0 radical (unpaired) electrons. The summed E-state index contributed by atoms with van der Waals surface area (Å²) in [5.41, 5.74) is 0. The van der Waals surface area contributed by atoms with Gasteiger partial charge in [0.25, 0.3) is 0 Å². The second-order valence-corrected chi connectivity index (χ2v) is 21.0. The molecule has 0 aromatic rings. The van der Waals surface area contributed by atoms with Crippen molar-refractivity contribution >= 4 is 17.9 Å². The number of hydrogen-bond donors (Lipinski definition) is 0. The van der Waals surface area contributed by atoms with Crippen LogP contribution < -0.4 is 0 Å².